The second-order valence-electron chi connectivity index (χ2n) is 7.21. The molecule has 6 heteroatoms. The number of carbonyl (C=O) groups excluding carboxylic acids is 1. The fraction of sp³-hybridized carbons (Fsp3) is 0.588. The van der Waals surface area contributed by atoms with Gasteiger partial charge in [-0.15, -0.1) is 0 Å². The Kier molecular flexibility index (Phi) is 4.00. The lowest BCUT2D eigenvalue weighted by atomic mass is 9.98. The maximum Gasteiger partial charge on any atom is 0.410 e. The Hall–Kier alpha value is -2.11. The highest BCUT2D eigenvalue weighted by molar-refractivity contribution is 5.71. The van der Waals surface area contributed by atoms with Crippen LogP contribution in [0.3, 0.4) is 0 Å². The number of pyridine rings is 1. The predicted molar refractivity (Wildman–Crippen MR) is 88.4 cm³/mol. The van der Waals surface area contributed by atoms with E-state index >= 15 is 0 Å². The van der Waals surface area contributed by atoms with Crippen LogP contribution in [0.25, 0.3) is 11.2 Å². The fourth-order valence-electron chi connectivity index (χ4n) is 2.89. The van der Waals surface area contributed by atoms with Crippen molar-refractivity contribution in [3.05, 3.63) is 23.7 Å². The van der Waals surface area contributed by atoms with E-state index in [0.29, 0.717) is 6.54 Å². The van der Waals surface area contributed by atoms with Crippen LogP contribution in [0.4, 0.5) is 4.79 Å². The van der Waals surface area contributed by atoms with Gasteiger partial charge in [-0.05, 0) is 52.7 Å². The van der Waals surface area contributed by atoms with Crippen LogP contribution in [0.1, 0.15) is 51.0 Å². The van der Waals surface area contributed by atoms with E-state index in [1.807, 2.05) is 39.8 Å². The number of fused-ring (bicyclic) bond motifs is 1. The average molecular weight is 316 g/mol. The molecule has 23 heavy (non-hydrogen) atoms. The van der Waals surface area contributed by atoms with E-state index in [4.69, 9.17) is 4.74 Å². The highest BCUT2D eigenvalue weighted by Gasteiger charge is 2.29. The number of H-pyrrole nitrogens is 1. The number of carbonyl (C=O) groups is 1. The van der Waals surface area contributed by atoms with Gasteiger partial charge in [0.15, 0.2) is 5.65 Å². The number of hydrogen-bond acceptors (Lipinski definition) is 4. The van der Waals surface area contributed by atoms with Gasteiger partial charge >= 0.3 is 6.09 Å². The summed E-state index contributed by atoms with van der Waals surface area (Å²) in [6.07, 6.45) is 1.72. The maximum atomic E-state index is 12.3. The minimum absolute atomic E-state index is 0.200. The molecule has 0 unspecified atom stereocenters. The van der Waals surface area contributed by atoms with Gasteiger partial charge in [-0.25, -0.2) is 14.8 Å². The van der Waals surface area contributed by atoms with E-state index in [1.54, 1.807) is 4.90 Å². The third kappa shape index (κ3) is 3.63. The number of piperidine rings is 1. The largest absolute Gasteiger partial charge is 0.444 e. The molecule has 2 aromatic heterocycles. The Morgan fingerprint density at radius 1 is 1.35 bits per heavy atom. The maximum absolute atomic E-state index is 12.3. The highest BCUT2D eigenvalue weighted by atomic mass is 16.6. The Bertz CT molecular complexity index is 717. The minimum Gasteiger partial charge on any atom is -0.444 e. The number of imidazole rings is 1. The molecule has 1 aliphatic rings. The SMILES string of the molecule is Cc1ccc2[nH]c([C@H]3CCCN(C(=O)OC(C)(C)C)C3)nc2n1. The molecule has 3 heterocycles. The zero-order valence-corrected chi connectivity index (χ0v) is 14.2. The minimum atomic E-state index is -0.467. The van der Waals surface area contributed by atoms with Gasteiger partial charge in [-0.3, -0.25) is 0 Å². The lowest BCUT2D eigenvalue weighted by Gasteiger charge is -2.33. The lowest BCUT2D eigenvalue weighted by molar-refractivity contribution is 0.0196. The van der Waals surface area contributed by atoms with Gasteiger partial charge in [0.05, 0.1) is 5.52 Å². The number of aromatic amines is 1. The first-order chi connectivity index (χ1) is 10.8. The zero-order chi connectivity index (χ0) is 16.6. The molecule has 3 rings (SSSR count). The number of amides is 1. The van der Waals surface area contributed by atoms with E-state index in [-0.39, 0.29) is 12.0 Å². The monoisotopic (exact) mass is 316 g/mol. The smallest absolute Gasteiger partial charge is 0.410 e. The van der Waals surface area contributed by atoms with Crippen LogP contribution in [0.15, 0.2) is 12.1 Å². The fourth-order valence-corrected chi connectivity index (χ4v) is 2.89. The zero-order valence-electron chi connectivity index (χ0n) is 14.2. The van der Waals surface area contributed by atoms with E-state index in [0.717, 1.165) is 42.1 Å². The van der Waals surface area contributed by atoms with E-state index in [2.05, 4.69) is 15.0 Å². The van der Waals surface area contributed by atoms with Crippen LogP contribution in [0.2, 0.25) is 0 Å². The molecule has 1 aliphatic heterocycles. The van der Waals surface area contributed by atoms with Gasteiger partial charge in [0, 0.05) is 24.7 Å². The van der Waals surface area contributed by atoms with Gasteiger partial charge < -0.3 is 14.6 Å². The number of aromatic nitrogens is 3. The molecule has 1 N–H and O–H groups in total. The second kappa shape index (κ2) is 5.83. The molecule has 1 atom stereocenters. The van der Waals surface area contributed by atoms with E-state index in [9.17, 15) is 4.79 Å². The topological polar surface area (TPSA) is 71.1 Å². The van der Waals surface area contributed by atoms with Gasteiger partial charge in [0.2, 0.25) is 0 Å². The first-order valence-electron chi connectivity index (χ1n) is 8.13. The van der Waals surface area contributed by atoms with Crippen LogP contribution in [0, 0.1) is 6.92 Å². The van der Waals surface area contributed by atoms with Crippen LogP contribution in [-0.2, 0) is 4.74 Å². The molecule has 6 nitrogen and oxygen atoms in total. The molecule has 0 bridgehead atoms. The van der Waals surface area contributed by atoms with Gasteiger partial charge in [-0.2, -0.15) is 0 Å². The quantitative estimate of drug-likeness (QED) is 0.875. The number of hydrogen-bond donors (Lipinski definition) is 1. The summed E-state index contributed by atoms with van der Waals surface area (Å²) in [7, 11) is 0. The Balaban J connectivity index is 1.75. The predicted octanol–water partition coefficient (Wildman–Crippen LogP) is 3.38. The summed E-state index contributed by atoms with van der Waals surface area (Å²) in [4.78, 5) is 26.5. The molecule has 0 aliphatic carbocycles. The van der Waals surface area contributed by atoms with Crippen molar-refractivity contribution in [2.24, 2.45) is 0 Å². The van der Waals surface area contributed by atoms with Crippen LogP contribution < -0.4 is 0 Å². The molecule has 0 spiro atoms. The van der Waals surface area contributed by atoms with Crippen molar-refractivity contribution in [2.45, 2.75) is 52.1 Å². The average Bonchev–Trinajstić information content (AvgIpc) is 2.88. The van der Waals surface area contributed by atoms with E-state index in [1.165, 1.54) is 0 Å². The van der Waals surface area contributed by atoms with Crippen molar-refractivity contribution in [3.63, 3.8) is 0 Å². The van der Waals surface area contributed by atoms with Crippen LogP contribution >= 0.6 is 0 Å². The van der Waals surface area contributed by atoms with Crippen molar-refractivity contribution in [1.82, 2.24) is 19.9 Å². The Labute approximate surface area is 136 Å². The standard InChI is InChI=1S/C17H24N4O2/c1-11-7-8-13-15(18-11)20-14(19-13)12-6-5-9-21(10-12)16(22)23-17(2,3)4/h7-8,12H,5-6,9-10H2,1-4H3,(H,18,19,20)/t12-/m0/s1. The summed E-state index contributed by atoms with van der Waals surface area (Å²) in [5.41, 5.74) is 2.18. The number of nitrogens with one attached hydrogen (secondary N) is 1. The van der Waals surface area contributed by atoms with Crippen molar-refractivity contribution >= 4 is 17.3 Å². The number of ether oxygens (including phenoxy) is 1. The molecule has 1 saturated heterocycles. The lowest BCUT2D eigenvalue weighted by Crippen LogP contribution is -2.42. The normalized spacial score (nSPS) is 19.1. The Morgan fingerprint density at radius 2 is 2.13 bits per heavy atom. The summed E-state index contributed by atoms with van der Waals surface area (Å²) >= 11 is 0. The van der Waals surface area contributed by atoms with Gasteiger partial charge in [0.1, 0.15) is 11.4 Å². The highest BCUT2D eigenvalue weighted by Crippen LogP contribution is 2.27. The molecule has 1 fully saturated rings. The number of likely N-dealkylation sites (tertiary alicyclic amines) is 1. The third-order valence-electron chi connectivity index (χ3n) is 3.96. The molecule has 1 amide bonds. The van der Waals surface area contributed by atoms with Gasteiger partial charge in [0.25, 0.3) is 0 Å². The number of nitrogens with zero attached hydrogens (tertiary/aromatic N) is 3. The summed E-state index contributed by atoms with van der Waals surface area (Å²) < 4.78 is 5.48. The molecular weight excluding hydrogens is 292 g/mol. The third-order valence-corrected chi connectivity index (χ3v) is 3.96. The molecule has 0 radical (unpaired) electrons. The number of aryl methyl sites for hydroxylation is 1. The summed E-state index contributed by atoms with van der Waals surface area (Å²) in [6, 6.07) is 3.97. The Morgan fingerprint density at radius 3 is 2.87 bits per heavy atom. The van der Waals surface area contributed by atoms with Crippen molar-refractivity contribution < 1.29 is 9.53 Å². The van der Waals surface area contributed by atoms with Crippen molar-refractivity contribution in [1.29, 1.82) is 0 Å². The van der Waals surface area contributed by atoms with Crippen molar-refractivity contribution in [3.8, 4) is 0 Å². The second-order valence-corrected chi connectivity index (χ2v) is 7.21. The molecule has 124 valence electrons. The van der Waals surface area contributed by atoms with Crippen LogP contribution in [-0.4, -0.2) is 44.6 Å². The molecule has 0 aromatic carbocycles. The van der Waals surface area contributed by atoms with Gasteiger partial charge in [-0.1, -0.05) is 0 Å². The molecule has 0 saturated carbocycles. The van der Waals surface area contributed by atoms with Crippen LogP contribution in [0.5, 0.6) is 0 Å². The first-order valence-corrected chi connectivity index (χ1v) is 8.13. The molecular formula is C17H24N4O2. The van der Waals surface area contributed by atoms with Crippen molar-refractivity contribution in [2.75, 3.05) is 13.1 Å². The summed E-state index contributed by atoms with van der Waals surface area (Å²) in [6.45, 7) is 8.99. The first kappa shape index (κ1) is 15.8. The number of rotatable bonds is 1. The molecule has 2 aromatic rings. The summed E-state index contributed by atoms with van der Waals surface area (Å²) in [5, 5.41) is 0. The van der Waals surface area contributed by atoms with E-state index < -0.39 is 5.60 Å². The summed E-state index contributed by atoms with van der Waals surface area (Å²) in [5.74, 6) is 1.11.